The summed E-state index contributed by atoms with van der Waals surface area (Å²) in [6, 6.07) is 4.01. The average molecular weight is 266 g/mol. The number of hydrogen-bond acceptors (Lipinski definition) is 4. The summed E-state index contributed by atoms with van der Waals surface area (Å²) in [6.07, 6.45) is 6.06. The zero-order valence-electron chi connectivity index (χ0n) is 10.5. The van der Waals surface area contributed by atoms with Crippen LogP contribution in [-0.2, 0) is 13.0 Å². The molecule has 0 aliphatic carbocycles. The number of halogens is 1. The van der Waals surface area contributed by atoms with Crippen LogP contribution >= 0.6 is 11.6 Å². The summed E-state index contributed by atoms with van der Waals surface area (Å²) in [5.74, 6) is 0.869. The van der Waals surface area contributed by atoms with Crippen molar-refractivity contribution in [2.24, 2.45) is 0 Å². The van der Waals surface area contributed by atoms with Crippen molar-refractivity contribution in [3.8, 4) is 0 Å². The Hall–Kier alpha value is -1.39. The second kappa shape index (κ2) is 5.98. The van der Waals surface area contributed by atoms with Crippen molar-refractivity contribution < 1.29 is 4.42 Å². The molecule has 4 nitrogen and oxygen atoms in total. The highest BCUT2D eigenvalue weighted by molar-refractivity contribution is 6.28. The minimum atomic E-state index is 0.352. The van der Waals surface area contributed by atoms with Crippen LogP contribution in [0.3, 0.4) is 0 Å². The van der Waals surface area contributed by atoms with Gasteiger partial charge < -0.3 is 4.42 Å². The predicted octanol–water partition coefficient (Wildman–Crippen LogP) is 2.79. The van der Waals surface area contributed by atoms with Gasteiger partial charge in [-0.25, -0.2) is 0 Å². The highest BCUT2D eigenvalue weighted by Gasteiger charge is 2.13. The number of likely N-dealkylation sites (N-methyl/N-ethyl adjacent to an activating group) is 1. The lowest BCUT2D eigenvalue weighted by Gasteiger charge is -2.23. The van der Waals surface area contributed by atoms with E-state index < -0.39 is 0 Å². The molecule has 5 heteroatoms. The lowest BCUT2D eigenvalue weighted by Crippen LogP contribution is -2.30. The molecule has 1 unspecified atom stereocenters. The van der Waals surface area contributed by atoms with Gasteiger partial charge in [0.1, 0.15) is 5.76 Å². The minimum Gasteiger partial charge on any atom is -0.448 e. The molecular formula is C13H16ClN3O. The van der Waals surface area contributed by atoms with Gasteiger partial charge in [-0.3, -0.25) is 14.9 Å². The third-order valence-electron chi connectivity index (χ3n) is 2.91. The highest BCUT2D eigenvalue weighted by atomic mass is 35.5. The van der Waals surface area contributed by atoms with Gasteiger partial charge in [0.15, 0.2) is 5.22 Å². The van der Waals surface area contributed by atoms with Crippen molar-refractivity contribution in [3.05, 3.63) is 47.4 Å². The molecule has 2 aromatic heterocycles. The van der Waals surface area contributed by atoms with Crippen molar-refractivity contribution in [2.75, 3.05) is 7.05 Å². The lowest BCUT2D eigenvalue weighted by molar-refractivity contribution is 0.227. The summed E-state index contributed by atoms with van der Waals surface area (Å²) in [5.41, 5.74) is 0.995. The second-order valence-electron chi connectivity index (χ2n) is 4.37. The van der Waals surface area contributed by atoms with Crippen LogP contribution in [0.4, 0.5) is 0 Å². The van der Waals surface area contributed by atoms with Crippen molar-refractivity contribution in [1.82, 2.24) is 14.9 Å². The largest absolute Gasteiger partial charge is 0.448 e. The maximum atomic E-state index is 5.75. The molecule has 2 heterocycles. The van der Waals surface area contributed by atoms with E-state index in [1.807, 2.05) is 6.07 Å². The summed E-state index contributed by atoms with van der Waals surface area (Å²) < 4.78 is 5.35. The third-order valence-corrected chi connectivity index (χ3v) is 3.11. The van der Waals surface area contributed by atoms with E-state index in [1.165, 1.54) is 0 Å². The topological polar surface area (TPSA) is 42.2 Å². The van der Waals surface area contributed by atoms with Crippen LogP contribution in [0.2, 0.25) is 5.22 Å². The molecule has 0 aliphatic rings. The Balaban J connectivity index is 1.90. The van der Waals surface area contributed by atoms with Gasteiger partial charge in [0, 0.05) is 31.1 Å². The summed E-state index contributed by atoms with van der Waals surface area (Å²) in [6.45, 7) is 2.88. The number of hydrogen-bond donors (Lipinski definition) is 0. The molecular weight excluding hydrogens is 250 g/mol. The van der Waals surface area contributed by atoms with Gasteiger partial charge in [0.05, 0.1) is 12.2 Å². The summed E-state index contributed by atoms with van der Waals surface area (Å²) >= 11 is 5.75. The molecule has 0 bridgehead atoms. The smallest absolute Gasteiger partial charge is 0.193 e. The maximum absolute atomic E-state index is 5.75. The summed E-state index contributed by atoms with van der Waals surface area (Å²) in [5, 5.41) is 0.431. The third kappa shape index (κ3) is 3.55. The second-order valence-corrected chi connectivity index (χ2v) is 4.74. The van der Waals surface area contributed by atoms with Crippen LogP contribution in [0.5, 0.6) is 0 Å². The van der Waals surface area contributed by atoms with Crippen molar-refractivity contribution in [2.45, 2.75) is 25.9 Å². The Kier molecular flexibility index (Phi) is 4.33. The first kappa shape index (κ1) is 13.1. The maximum Gasteiger partial charge on any atom is 0.193 e. The molecule has 0 N–H and O–H groups in total. The van der Waals surface area contributed by atoms with Gasteiger partial charge >= 0.3 is 0 Å². The standard InChI is InChI=1S/C13H16ClN3O/c1-10(7-11-8-15-5-6-16-11)17(2)9-12-3-4-13(14)18-12/h3-6,8,10H,7,9H2,1-2H3. The lowest BCUT2D eigenvalue weighted by atomic mass is 10.1. The molecule has 2 aromatic rings. The first-order chi connectivity index (χ1) is 8.65. The van der Waals surface area contributed by atoms with Crippen LogP contribution in [-0.4, -0.2) is 28.0 Å². The van der Waals surface area contributed by atoms with Gasteiger partial charge in [0.2, 0.25) is 0 Å². The van der Waals surface area contributed by atoms with E-state index in [2.05, 4.69) is 28.8 Å². The number of nitrogens with zero attached hydrogens (tertiary/aromatic N) is 3. The van der Waals surface area contributed by atoms with E-state index in [1.54, 1.807) is 24.7 Å². The normalized spacial score (nSPS) is 12.9. The predicted molar refractivity (Wildman–Crippen MR) is 70.4 cm³/mol. The van der Waals surface area contributed by atoms with Crippen molar-refractivity contribution in [1.29, 1.82) is 0 Å². The van der Waals surface area contributed by atoms with Crippen LogP contribution < -0.4 is 0 Å². The van der Waals surface area contributed by atoms with Crippen LogP contribution in [0, 0.1) is 0 Å². The Bertz CT molecular complexity index is 486. The van der Waals surface area contributed by atoms with E-state index in [4.69, 9.17) is 16.0 Å². The quantitative estimate of drug-likeness (QED) is 0.834. The Morgan fingerprint density at radius 2 is 2.22 bits per heavy atom. The van der Waals surface area contributed by atoms with Crippen molar-refractivity contribution >= 4 is 11.6 Å². The van der Waals surface area contributed by atoms with E-state index in [0.717, 1.165) is 24.4 Å². The van der Waals surface area contributed by atoms with Gasteiger partial charge in [-0.05, 0) is 37.7 Å². The molecule has 0 saturated heterocycles. The highest BCUT2D eigenvalue weighted by Crippen LogP contribution is 2.16. The fourth-order valence-corrected chi connectivity index (χ4v) is 1.89. The van der Waals surface area contributed by atoms with Crippen LogP contribution in [0.1, 0.15) is 18.4 Å². The molecule has 2 rings (SSSR count). The van der Waals surface area contributed by atoms with Gasteiger partial charge in [-0.15, -0.1) is 0 Å². The van der Waals surface area contributed by atoms with Crippen LogP contribution in [0.15, 0.2) is 35.1 Å². The number of rotatable bonds is 5. The number of aromatic nitrogens is 2. The fraction of sp³-hybridized carbons (Fsp3) is 0.385. The SMILES string of the molecule is CC(Cc1cnccn1)N(C)Cc1ccc(Cl)o1. The molecule has 0 radical (unpaired) electrons. The van der Waals surface area contributed by atoms with Crippen molar-refractivity contribution in [3.63, 3.8) is 0 Å². The molecule has 0 saturated carbocycles. The molecule has 1 atom stereocenters. The Morgan fingerprint density at radius 3 is 2.83 bits per heavy atom. The molecule has 0 aromatic carbocycles. The summed E-state index contributed by atoms with van der Waals surface area (Å²) in [7, 11) is 2.05. The minimum absolute atomic E-state index is 0.352. The molecule has 96 valence electrons. The first-order valence-electron chi connectivity index (χ1n) is 5.84. The monoisotopic (exact) mass is 265 g/mol. The van der Waals surface area contributed by atoms with E-state index in [9.17, 15) is 0 Å². The van der Waals surface area contributed by atoms with E-state index in [0.29, 0.717) is 11.3 Å². The van der Waals surface area contributed by atoms with E-state index in [-0.39, 0.29) is 0 Å². The molecule has 18 heavy (non-hydrogen) atoms. The zero-order chi connectivity index (χ0) is 13.0. The van der Waals surface area contributed by atoms with Crippen LogP contribution in [0.25, 0.3) is 0 Å². The summed E-state index contributed by atoms with van der Waals surface area (Å²) in [4.78, 5) is 10.5. The van der Waals surface area contributed by atoms with Gasteiger partial charge in [0.25, 0.3) is 0 Å². The Labute approximate surface area is 112 Å². The molecule has 0 aliphatic heterocycles. The Morgan fingerprint density at radius 1 is 1.39 bits per heavy atom. The zero-order valence-corrected chi connectivity index (χ0v) is 11.3. The molecule has 0 amide bonds. The number of furan rings is 1. The average Bonchev–Trinajstić information content (AvgIpc) is 2.76. The van der Waals surface area contributed by atoms with Gasteiger partial charge in [-0.2, -0.15) is 0 Å². The van der Waals surface area contributed by atoms with Gasteiger partial charge in [-0.1, -0.05) is 0 Å². The molecule has 0 spiro atoms. The first-order valence-corrected chi connectivity index (χ1v) is 6.22. The molecule has 0 fully saturated rings. The fourth-order valence-electron chi connectivity index (χ4n) is 1.73. The van der Waals surface area contributed by atoms with E-state index >= 15 is 0 Å².